The van der Waals surface area contributed by atoms with E-state index in [9.17, 15) is 0 Å². The normalized spacial score (nSPS) is 14.7. The highest BCUT2D eigenvalue weighted by atomic mass is 16.5. The van der Waals surface area contributed by atoms with Crippen LogP contribution < -0.4 is 10.1 Å². The predicted molar refractivity (Wildman–Crippen MR) is 64.5 cm³/mol. The highest BCUT2D eigenvalue weighted by molar-refractivity contribution is 5.30. The van der Waals surface area contributed by atoms with Crippen molar-refractivity contribution in [3.05, 3.63) is 29.8 Å². The maximum absolute atomic E-state index is 5.23. The quantitative estimate of drug-likeness (QED) is 0.801. The van der Waals surface area contributed by atoms with Gasteiger partial charge in [0.15, 0.2) is 0 Å². The Kier molecular flexibility index (Phi) is 4.63. The zero-order valence-electron chi connectivity index (χ0n) is 10.1. The summed E-state index contributed by atoms with van der Waals surface area (Å²) in [5.74, 6) is 2.12. The van der Waals surface area contributed by atoms with Crippen molar-refractivity contribution in [2.75, 3.05) is 20.7 Å². The van der Waals surface area contributed by atoms with Crippen molar-refractivity contribution in [2.24, 2.45) is 5.92 Å². The minimum absolute atomic E-state index is 0.549. The minimum atomic E-state index is 0.549. The van der Waals surface area contributed by atoms with Gasteiger partial charge in [0.05, 0.1) is 7.11 Å². The van der Waals surface area contributed by atoms with Gasteiger partial charge in [0, 0.05) is 0 Å². The van der Waals surface area contributed by atoms with E-state index in [4.69, 9.17) is 4.74 Å². The Hall–Kier alpha value is -1.02. The molecule has 0 saturated carbocycles. The first-order chi connectivity index (χ1) is 7.19. The first kappa shape index (κ1) is 12.1. The number of hydrogen-bond donors (Lipinski definition) is 1. The first-order valence-electron chi connectivity index (χ1n) is 5.47. The van der Waals surface area contributed by atoms with Crippen LogP contribution in [-0.2, 0) is 0 Å². The average molecular weight is 207 g/mol. The fourth-order valence-electron chi connectivity index (χ4n) is 1.75. The molecule has 2 nitrogen and oxygen atoms in total. The summed E-state index contributed by atoms with van der Waals surface area (Å²) in [6.07, 6.45) is 0. The van der Waals surface area contributed by atoms with E-state index in [0.717, 1.165) is 12.3 Å². The maximum atomic E-state index is 5.23. The summed E-state index contributed by atoms with van der Waals surface area (Å²) in [4.78, 5) is 0. The lowest BCUT2D eigenvalue weighted by Gasteiger charge is -2.20. The van der Waals surface area contributed by atoms with E-state index in [1.54, 1.807) is 7.11 Å². The van der Waals surface area contributed by atoms with Gasteiger partial charge in [0.25, 0.3) is 0 Å². The molecule has 2 unspecified atom stereocenters. The number of ether oxygens (including phenoxy) is 1. The smallest absolute Gasteiger partial charge is 0.119 e. The van der Waals surface area contributed by atoms with E-state index in [-0.39, 0.29) is 0 Å². The molecule has 0 aliphatic carbocycles. The van der Waals surface area contributed by atoms with Crippen molar-refractivity contribution >= 4 is 0 Å². The van der Waals surface area contributed by atoms with Crippen LogP contribution in [0.4, 0.5) is 0 Å². The minimum Gasteiger partial charge on any atom is -0.497 e. The van der Waals surface area contributed by atoms with Crippen LogP contribution >= 0.6 is 0 Å². The second-order valence-electron chi connectivity index (χ2n) is 4.10. The van der Waals surface area contributed by atoms with Crippen LogP contribution in [0.25, 0.3) is 0 Å². The average Bonchev–Trinajstić information content (AvgIpc) is 2.28. The zero-order chi connectivity index (χ0) is 11.3. The molecule has 15 heavy (non-hydrogen) atoms. The second kappa shape index (κ2) is 5.76. The largest absolute Gasteiger partial charge is 0.497 e. The van der Waals surface area contributed by atoms with Gasteiger partial charge in [-0.1, -0.05) is 26.0 Å². The molecule has 1 rings (SSSR count). The highest BCUT2D eigenvalue weighted by Crippen LogP contribution is 2.26. The Balaban J connectivity index is 2.76. The van der Waals surface area contributed by atoms with Gasteiger partial charge in [0.1, 0.15) is 5.75 Å². The van der Waals surface area contributed by atoms with Crippen LogP contribution in [0.3, 0.4) is 0 Å². The molecule has 2 atom stereocenters. The third kappa shape index (κ3) is 3.24. The van der Waals surface area contributed by atoms with E-state index in [2.05, 4.69) is 37.4 Å². The van der Waals surface area contributed by atoms with Gasteiger partial charge in [-0.15, -0.1) is 0 Å². The number of benzene rings is 1. The summed E-state index contributed by atoms with van der Waals surface area (Å²) in [7, 11) is 3.70. The fraction of sp³-hybridized carbons (Fsp3) is 0.538. The summed E-state index contributed by atoms with van der Waals surface area (Å²) >= 11 is 0. The Morgan fingerprint density at radius 3 is 2.67 bits per heavy atom. The Labute approximate surface area is 92.6 Å². The van der Waals surface area contributed by atoms with E-state index in [1.807, 2.05) is 13.1 Å². The summed E-state index contributed by atoms with van der Waals surface area (Å²) in [6, 6.07) is 8.33. The van der Waals surface area contributed by atoms with E-state index in [0.29, 0.717) is 11.8 Å². The molecule has 0 aliphatic heterocycles. The molecular weight excluding hydrogens is 186 g/mol. The van der Waals surface area contributed by atoms with Gasteiger partial charge in [-0.3, -0.25) is 0 Å². The summed E-state index contributed by atoms with van der Waals surface area (Å²) in [6.45, 7) is 5.57. The van der Waals surface area contributed by atoms with Crippen LogP contribution in [0.2, 0.25) is 0 Å². The van der Waals surface area contributed by atoms with Crippen LogP contribution in [-0.4, -0.2) is 20.7 Å². The van der Waals surface area contributed by atoms with Gasteiger partial charge < -0.3 is 10.1 Å². The Morgan fingerprint density at radius 1 is 1.33 bits per heavy atom. The summed E-state index contributed by atoms with van der Waals surface area (Å²) < 4.78 is 5.23. The fourth-order valence-corrected chi connectivity index (χ4v) is 1.75. The third-order valence-corrected chi connectivity index (χ3v) is 3.00. The van der Waals surface area contributed by atoms with Crippen molar-refractivity contribution < 1.29 is 4.74 Å². The molecule has 2 heteroatoms. The SMILES string of the molecule is CNCC(C)C(C)c1cccc(OC)c1. The topological polar surface area (TPSA) is 21.3 Å². The highest BCUT2D eigenvalue weighted by Gasteiger charge is 2.13. The van der Waals surface area contributed by atoms with E-state index >= 15 is 0 Å². The number of rotatable bonds is 5. The van der Waals surface area contributed by atoms with Crippen molar-refractivity contribution in [1.82, 2.24) is 5.32 Å². The number of methoxy groups -OCH3 is 1. The van der Waals surface area contributed by atoms with Gasteiger partial charge in [0.2, 0.25) is 0 Å². The lowest BCUT2D eigenvalue weighted by atomic mass is 9.89. The molecular formula is C13H21NO. The molecule has 1 N–H and O–H groups in total. The van der Waals surface area contributed by atoms with Gasteiger partial charge in [-0.05, 0) is 43.1 Å². The zero-order valence-corrected chi connectivity index (χ0v) is 10.1. The van der Waals surface area contributed by atoms with Crippen molar-refractivity contribution in [1.29, 1.82) is 0 Å². The molecule has 0 saturated heterocycles. The molecule has 0 aromatic heterocycles. The van der Waals surface area contributed by atoms with Crippen LogP contribution in [0.5, 0.6) is 5.75 Å². The molecule has 0 spiro atoms. The molecule has 0 aliphatic rings. The van der Waals surface area contributed by atoms with Crippen molar-refractivity contribution in [3.8, 4) is 5.75 Å². The van der Waals surface area contributed by atoms with Gasteiger partial charge in [-0.2, -0.15) is 0 Å². The lowest BCUT2D eigenvalue weighted by molar-refractivity contribution is 0.411. The predicted octanol–water partition coefficient (Wildman–Crippen LogP) is 2.65. The van der Waals surface area contributed by atoms with Crippen LogP contribution in [0, 0.1) is 5.92 Å². The lowest BCUT2D eigenvalue weighted by Crippen LogP contribution is -2.20. The molecule has 0 heterocycles. The molecule has 1 aromatic rings. The molecule has 0 amide bonds. The van der Waals surface area contributed by atoms with Crippen molar-refractivity contribution in [2.45, 2.75) is 19.8 Å². The summed E-state index contributed by atoms with van der Waals surface area (Å²) in [5, 5.41) is 3.22. The Morgan fingerprint density at radius 2 is 2.07 bits per heavy atom. The molecule has 0 radical (unpaired) electrons. The monoisotopic (exact) mass is 207 g/mol. The van der Waals surface area contributed by atoms with Crippen LogP contribution in [0.15, 0.2) is 24.3 Å². The van der Waals surface area contributed by atoms with Gasteiger partial charge in [-0.25, -0.2) is 0 Å². The molecule has 1 aromatic carbocycles. The molecule has 0 fully saturated rings. The number of hydrogen-bond acceptors (Lipinski definition) is 2. The van der Waals surface area contributed by atoms with Crippen LogP contribution in [0.1, 0.15) is 25.3 Å². The standard InChI is InChI=1S/C13H21NO/c1-10(9-14-3)11(2)12-6-5-7-13(8-12)15-4/h5-8,10-11,14H,9H2,1-4H3. The summed E-state index contributed by atoms with van der Waals surface area (Å²) in [5.41, 5.74) is 1.34. The number of nitrogens with one attached hydrogen (secondary N) is 1. The maximum Gasteiger partial charge on any atom is 0.119 e. The Bertz CT molecular complexity index is 298. The van der Waals surface area contributed by atoms with Gasteiger partial charge >= 0.3 is 0 Å². The third-order valence-electron chi connectivity index (χ3n) is 3.00. The van der Waals surface area contributed by atoms with Crippen molar-refractivity contribution in [3.63, 3.8) is 0 Å². The molecule has 0 bridgehead atoms. The second-order valence-corrected chi connectivity index (χ2v) is 4.10. The first-order valence-corrected chi connectivity index (χ1v) is 5.47. The molecule has 84 valence electrons. The van der Waals surface area contributed by atoms with E-state index in [1.165, 1.54) is 5.56 Å². The van der Waals surface area contributed by atoms with E-state index < -0.39 is 0 Å².